The van der Waals surface area contributed by atoms with Crippen molar-refractivity contribution in [3.05, 3.63) is 16.5 Å². The normalized spacial score (nSPS) is 12.6. The van der Waals surface area contributed by atoms with Gasteiger partial charge in [-0.05, 0) is 30.9 Å². The van der Waals surface area contributed by atoms with Crippen LogP contribution in [0.3, 0.4) is 0 Å². The van der Waals surface area contributed by atoms with E-state index in [-0.39, 0.29) is 6.61 Å². The van der Waals surface area contributed by atoms with Gasteiger partial charge >= 0.3 is 0 Å². The average Bonchev–Trinajstić information content (AvgIpc) is 2.67. The first-order valence-electron chi connectivity index (χ1n) is 5.95. The summed E-state index contributed by atoms with van der Waals surface area (Å²) < 4.78 is 26.3. The van der Waals surface area contributed by atoms with Crippen molar-refractivity contribution in [3.63, 3.8) is 0 Å². The Bertz CT molecular complexity index is 491. The topological polar surface area (TPSA) is 57.6 Å². The maximum absolute atomic E-state index is 12.3. The molecule has 0 fully saturated rings. The highest BCUT2D eigenvalue weighted by molar-refractivity contribution is 7.91. The fourth-order valence-corrected chi connectivity index (χ4v) is 4.33. The van der Waals surface area contributed by atoms with Crippen LogP contribution in [-0.2, 0) is 16.6 Å². The SMILES string of the molecule is Cc1cc(S(=O)(=O)N(C)CCC(C)C)sc1CO. The molecule has 0 saturated heterocycles. The van der Waals surface area contributed by atoms with Gasteiger partial charge in [0.1, 0.15) is 4.21 Å². The third kappa shape index (κ3) is 3.54. The Kier molecular flexibility index (Phi) is 5.33. The van der Waals surface area contributed by atoms with Gasteiger partial charge in [0.05, 0.1) is 6.61 Å². The Morgan fingerprint density at radius 3 is 2.50 bits per heavy atom. The molecule has 0 radical (unpaired) electrons. The number of sulfonamides is 1. The van der Waals surface area contributed by atoms with Gasteiger partial charge in [-0.1, -0.05) is 13.8 Å². The standard InChI is InChI=1S/C12H21NO3S2/c1-9(2)5-6-13(4)18(15,16)12-7-10(3)11(8-14)17-12/h7,9,14H,5-6,8H2,1-4H3. The van der Waals surface area contributed by atoms with Crippen LogP contribution >= 0.6 is 11.3 Å². The van der Waals surface area contributed by atoms with E-state index < -0.39 is 10.0 Å². The molecule has 0 atom stereocenters. The number of aliphatic hydroxyl groups excluding tert-OH is 1. The van der Waals surface area contributed by atoms with Crippen LogP contribution in [0.4, 0.5) is 0 Å². The highest BCUT2D eigenvalue weighted by Crippen LogP contribution is 2.28. The second-order valence-electron chi connectivity index (χ2n) is 4.84. The van der Waals surface area contributed by atoms with Crippen LogP contribution in [0, 0.1) is 12.8 Å². The predicted octanol–water partition coefficient (Wildman–Crippen LogP) is 2.22. The molecule has 4 nitrogen and oxygen atoms in total. The smallest absolute Gasteiger partial charge is 0.252 e. The maximum atomic E-state index is 12.3. The molecule has 0 aliphatic rings. The lowest BCUT2D eigenvalue weighted by atomic mass is 10.1. The summed E-state index contributed by atoms with van der Waals surface area (Å²) in [6, 6.07) is 1.64. The van der Waals surface area contributed by atoms with Crippen molar-refractivity contribution in [3.8, 4) is 0 Å². The van der Waals surface area contributed by atoms with Gasteiger partial charge in [0.2, 0.25) is 0 Å². The zero-order valence-corrected chi connectivity index (χ0v) is 12.9. The minimum absolute atomic E-state index is 0.109. The van der Waals surface area contributed by atoms with Crippen LogP contribution in [0.2, 0.25) is 0 Å². The van der Waals surface area contributed by atoms with Crippen molar-refractivity contribution in [2.75, 3.05) is 13.6 Å². The van der Waals surface area contributed by atoms with Crippen molar-refractivity contribution in [1.82, 2.24) is 4.31 Å². The summed E-state index contributed by atoms with van der Waals surface area (Å²) in [6.45, 7) is 6.36. The molecule has 1 N–H and O–H groups in total. The van der Waals surface area contributed by atoms with E-state index in [0.717, 1.165) is 23.3 Å². The molecule has 1 heterocycles. The number of aryl methyl sites for hydroxylation is 1. The molecular weight excluding hydrogens is 270 g/mol. The zero-order valence-electron chi connectivity index (χ0n) is 11.3. The Hall–Kier alpha value is -0.430. The maximum Gasteiger partial charge on any atom is 0.252 e. The molecule has 18 heavy (non-hydrogen) atoms. The van der Waals surface area contributed by atoms with E-state index in [4.69, 9.17) is 5.11 Å². The summed E-state index contributed by atoms with van der Waals surface area (Å²) in [5.41, 5.74) is 0.832. The summed E-state index contributed by atoms with van der Waals surface area (Å²) in [7, 11) is -1.80. The summed E-state index contributed by atoms with van der Waals surface area (Å²) in [4.78, 5) is 0.714. The third-order valence-corrected chi connectivity index (χ3v) is 6.36. The van der Waals surface area contributed by atoms with E-state index >= 15 is 0 Å². The first kappa shape index (κ1) is 15.6. The average molecular weight is 291 g/mol. The quantitative estimate of drug-likeness (QED) is 0.874. The van der Waals surface area contributed by atoms with Gasteiger partial charge in [0, 0.05) is 18.5 Å². The van der Waals surface area contributed by atoms with E-state index in [2.05, 4.69) is 13.8 Å². The minimum atomic E-state index is -3.41. The molecule has 1 aromatic rings. The molecule has 0 unspecified atom stereocenters. The number of hydrogen-bond acceptors (Lipinski definition) is 4. The van der Waals surface area contributed by atoms with E-state index in [9.17, 15) is 8.42 Å². The number of thiophene rings is 1. The van der Waals surface area contributed by atoms with E-state index in [1.807, 2.05) is 6.92 Å². The molecular formula is C12H21NO3S2. The first-order chi connectivity index (χ1) is 8.28. The lowest BCUT2D eigenvalue weighted by Gasteiger charge is -2.16. The van der Waals surface area contributed by atoms with E-state index in [0.29, 0.717) is 21.5 Å². The summed E-state index contributed by atoms with van der Waals surface area (Å²) in [5.74, 6) is 0.473. The zero-order chi connectivity index (χ0) is 13.9. The van der Waals surface area contributed by atoms with E-state index in [1.165, 1.54) is 4.31 Å². The Morgan fingerprint density at radius 1 is 1.44 bits per heavy atom. The Balaban J connectivity index is 2.91. The molecule has 0 aliphatic heterocycles. The summed E-state index contributed by atoms with van der Waals surface area (Å²) in [6.07, 6.45) is 0.840. The molecule has 0 amide bonds. The fraction of sp³-hybridized carbons (Fsp3) is 0.667. The lowest BCUT2D eigenvalue weighted by Crippen LogP contribution is -2.28. The highest BCUT2D eigenvalue weighted by atomic mass is 32.2. The largest absolute Gasteiger partial charge is 0.391 e. The van der Waals surface area contributed by atoms with Crippen LogP contribution in [0.5, 0.6) is 0 Å². The third-order valence-electron chi connectivity index (χ3n) is 2.83. The van der Waals surface area contributed by atoms with Gasteiger partial charge in [-0.15, -0.1) is 11.3 Å². The molecule has 6 heteroatoms. The van der Waals surface area contributed by atoms with Crippen LogP contribution in [0.15, 0.2) is 10.3 Å². The molecule has 0 spiro atoms. The van der Waals surface area contributed by atoms with Crippen LogP contribution < -0.4 is 0 Å². The summed E-state index contributed by atoms with van der Waals surface area (Å²) >= 11 is 1.15. The number of rotatable bonds is 6. The fourth-order valence-electron chi connectivity index (χ4n) is 1.49. The molecule has 1 aromatic heterocycles. The van der Waals surface area contributed by atoms with Crippen molar-refractivity contribution in [1.29, 1.82) is 0 Å². The van der Waals surface area contributed by atoms with Gasteiger partial charge in [0.15, 0.2) is 0 Å². The molecule has 1 rings (SSSR count). The molecule has 0 saturated carbocycles. The van der Waals surface area contributed by atoms with Crippen LogP contribution in [-0.4, -0.2) is 31.4 Å². The minimum Gasteiger partial charge on any atom is -0.391 e. The molecule has 0 bridgehead atoms. The number of aliphatic hydroxyl groups is 1. The molecule has 0 aliphatic carbocycles. The summed E-state index contributed by atoms with van der Waals surface area (Å²) in [5, 5.41) is 9.11. The Morgan fingerprint density at radius 2 is 2.06 bits per heavy atom. The Labute approximate surface area is 113 Å². The van der Waals surface area contributed by atoms with Gasteiger partial charge in [-0.25, -0.2) is 12.7 Å². The van der Waals surface area contributed by atoms with Gasteiger partial charge in [-0.2, -0.15) is 0 Å². The monoisotopic (exact) mass is 291 g/mol. The number of nitrogens with zero attached hydrogens (tertiary/aromatic N) is 1. The predicted molar refractivity (Wildman–Crippen MR) is 74.2 cm³/mol. The molecule has 104 valence electrons. The van der Waals surface area contributed by atoms with Crippen molar-refractivity contribution in [2.45, 2.75) is 38.0 Å². The number of hydrogen-bond donors (Lipinski definition) is 1. The van der Waals surface area contributed by atoms with E-state index in [1.54, 1.807) is 13.1 Å². The molecule has 0 aromatic carbocycles. The second kappa shape index (κ2) is 6.14. The highest BCUT2D eigenvalue weighted by Gasteiger charge is 2.23. The van der Waals surface area contributed by atoms with Gasteiger partial charge < -0.3 is 5.11 Å². The van der Waals surface area contributed by atoms with Crippen LogP contribution in [0.25, 0.3) is 0 Å². The van der Waals surface area contributed by atoms with Crippen LogP contribution in [0.1, 0.15) is 30.7 Å². The van der Waals surface area contributed by atoms with Crippen molar-refractivity contribution in [2.24, 2.45) is 5.92 Å². The lowest BCUT2D eigenvalue weighted by molar-refractivity contribution is 0.285. The van der Waals surface area contributed by atoms with Crippen molar-refractivity contribution < 1.29 is 13.5 Å². The first-order valence-corrected chi connectivity index (χ1v) is 8.21. The van der Waals surface area contributed by atoms with Gasteiger partial charge in [-0.3, -0.25) is 0 Å². The van der Waals surface area contributed by atoms with Gasteiger partial charge in [0.25, 0.3) is 10.0 Å². The second-order valence-corrected chi connectivity index (χ2v) is 8.25. The van der Waals surface area contributed by atoms with Crippen molar-refractivity contribution >= 4 is 21.4 Å².